The molecule has 0 aromatic heterocycles. The second-order valence-electron chi connectivity index (χ2n) is 1.67. The maximum absolute atomic E-state index is 8.51. The molecule has 2 nitrogen and oxygen atoms in total. The van der Waals surface area contributed by atoms with Gasteiger partial charge in [0.2, 0.25) is 0 Å². The highest BCUT2D eigenvalue weighted by Gasteiger charge is 1.99. The Bertz CT molecular complexity index is 39.7. The van der Waals surface area contributed by atoms with Crippen LogP contribution in [0.25, 0.3) is 0 Å². The summed E-state index contributed by atoms with van der Waals surface area (Å²) in [5, 5.41) is 17.0. The molecule has 0 aromatic rings. The van der Waals surface area contributed by atoms with Crippen LogP contribution >= 0.6 is 0 Å². The van der Waals surface area contributed by atoms with Gasteiger partial charge in [-0.3, -0.25) is 0 Å². The smallest absolute Gasteiger partial charge is 0.187 e. The first-order valence-electron chi connectivity index (χ1n) is 2.34. The van der Waals surface area contributed by atoms with Gasteiger partial charge >= 0.3 is 0 Å². The molecule has 0 rings (SSSR count). The lowest BCUT2D eigenvalue weighted by atomic mass is 10.2. The van der Waals surface area contributed by atoms with Crippen molar-refractivity contribution in [1.82, 2.24) is 0 Å². The van der Waals surface area contributed by atoms with E-state index in [1.807, 2.05) is 0 Å². The summed E-state index contributed by atoms with van der Waals surface area (Å²) in [7, 11) is 0. The summed E-state index contributed by atoms with van der Waals surface area (Å²) in [5.41, 5.74) is 0. The van der Waals surface area contributed by atoms with Crippen molar-refractivity contribution in [2.75, 3.05) is 0 Å². The van der Waals surface area contributed by atoms with E-state index in [0.717, 1.165) is 0 Å². The maximum atomic E-state index is 8.51. The van der Waals surface area contributed by atoms with Gasteiger partial charge in [-0.25, -0.2) is 0 Å². The van der Waals surface area contributed by atoms with Crippen LogP contribution in [-0.2, 0) is 0 Å². The fourth-order valence-corrected chi connectivity index (χ4v) is 0.403. The zero-order valence-electron chi connectivity index (χ0n) is 4.63. The minimum Gasteiger partial charge on any atom is -0.393 e. The first-order chi connectivity index (χ1) is 3.13. The Hall–Kier alpha value is 0.452. The molecule has 0 aromatic carbocycles. The van der Waals surface area contributed by atoms with Crippen molar-refractivity contribution in [3.63, 3.8) is 0 Å². The standard InChI is InChI=1S/C5H11O2.Al.3H/c1-4(6)3-5(2)7;;;;/h3-7H,1-2H3;;;;. The van der Waals surface area contributed by atoms with Crippen LogP contribution < -0.4 is 0 Å². The molecule has 1 radical (unpaired) electrons. The van der Waals surface area contributed by atoms with Gasteiger partial charge in [0.15, 0.2) is 17.4 Å². The molecule has 0 saturated heterocycles. The van der Waals surface area contributed by atoms with Crippen LogP contribution in [0, 0.1) is 6.42 Å². The molecule has 0 aliphatic heterocycles. The molecule has 2 atom stereocenters. The maximum Gasteiger partial charge on any atom is 0.187 e. The molecule has 0 heterocycles. The van der Waals surface area contributed by atoms with E-state index in [-0.39, 0.29) is 17.4 Å². The number of aliphatic hydroxyl groups is 2. The van der Waals surface area contributed by atoms with Gasteiger partial charge in [-0.2, -0.15) is 0 Å². The van der Waals surface area contributed by atoms with Crippen molar-refractivity contribution in [2.24, 2.45) is 0 Å². The summed E-state index contributed by atoms with van der Waals surface area (Å²) in [6.45, 7) is 3.21. The van der Waals surface area contributed by atoms with Gasteiger partial charge in [-0.05, 0) is 13.8 Å². The van der Waals surface area contributed by atoms with Gasteiger partial charge in [0, 0.05) is 6.42 Å². The van der Waals surface area contributed by atoms with E-state index >= 15 is 0 Å². The Morgan fingerprint density at radius 2 is 1.38 bits per heavy atom. The highest BCUT2D eigenvalue weighted by atomic mass is 27.0. The molecule has 8 heavy (non-hydrogen) atoms. The quantitative estimate of drug-likeness (QED) is 0.463. The number of rotatable bonds is 2. The van der Waals surface area contributed by atoms with Gasteiger partial charge in [-0.1, -0.05) is 0 Å². The van der Waals surface area contributed by atoms with E-state index in [9.17, 15) is 0 Å². The van der Waals surface area contributed by atoms with Crippen LogP contribution in [0.3, 0.4) is 0 Å². The molecule has 2 unspecified atom stereocenters. The molecule has 0 aliphatic rings. The van der Waals surface area contributed by atoms with Gasteiger partial charge in [-0.15, -0.1) is 0 Å². The number of aliphatic hydroxyl groups excluding tert-OH is 2. The molecule has 0 fully saturated rings. The Kier molecular flexibility index (Phi) is 7.87. The first-order valence-corrected chi connectivity index (χ1v) is 2.34. The third-order valence-corrected chi connectivity index (χ3v) is 0.557. The molecular weight excluding hydrogens is 119 g/mol. The Labute approximate surface area is 60.7 Å². The summed E-state index contributed by atoms with van der Waals surface area (Å²) < 4.78 is 0. The van der Waals surface area contributed by atoms with Gasteiger partial charge < -0.3 is 10.2 Å². The van der Waals surface area contributed by atoms with E-state index < -0.39 is 12.2 Å². The van der Waals surface area contributed by atoms with Crippen molar-refractivity contribution >= 4 is 17.4 Å². The number of hydrogen-bond donors (Lipinski definition) is 2. The van der Waals surface area contributed by atoms with Crippen LogP contribution in [0.4, 0.5) is 0 Å². The Morgan fingerprint density at radius 1 is 1.12 bits per heavy atom. The van der Waals surface area contributed by atoms with E-state index in [1.165, 1.54) is 6.42 Å². The van der Waals surface area contributed by atoms with Crippen LogP contribution in [0.15, 0.2) is 0 Å². The van der Waals surface area contributed by atoms with Gasteiger partial charge in [0.05, 0.1) is 12.2 Å². The lowest BCUT2D eigenvalue weighted by Crippen LogP contribution is -2.11. The van der Waals surface area contributed by atoms with E-state index in [0.29, 0.717) is 0 Å². The minimum atomic E-state index is -0.500. The van der Waals surface area contributed by atoms with Crippen LogP contribution in [0.1, 0.15) is 13.8 Å². The summed E-state index contributed by atoms with van der Waals surface area (Å²) in [6.07, 6.45) is 0.444. The minimum absolute atomic E-state index is 0. The largest absolute Gasteiger partial charge is 0.393 e. The highest BCUT2D eigenvalue weighted by molar-refractivity contribution is 5.75. The molecule has 0 aliphatic carbocycles. The summed E-state index contributed by atoms with van der Waals surface area (Å²) >= 11 is 0. The zero-order chi connectivity index (χ0) is 5.86. The predicted molar refractivity (Wildman–Crippen MR) is 37.6 cm³/mol. The first kappa shape index (κ1) is 11.3. The molecular formula is C5H14AlO2. The fourth-order valence-electron chi connectivity index (χ4n) is 0.403. The Morgan fingerprint density at radius 3 is 1.38 bits per heavy atom. The van der Waals surface area contributed by atoms with Crippen molar-refractivity contribution in [1.29, 1.82) is 0 Å². The van der Waals surface area contributed by atoms with Crippen molar-refractivity contribution in [2.45, 2.75) is 26.1 Å². The third-order valence-electron chi connectivity index (χ3n) is 0.557. The van der Waals surface area contributed by atoms with Crippen molar-refractivity contribution < 1.29 is 10.2 Å². The average Bonchev–Trinajstić information content (AvgIpc) is 1.27. The lowest BCUT2D eigenvalue weighted by molar-refractivity contribution is 0.158. The second kappa shape index (κ2) is 5.59. The van der Waals surface area contributed by atoms with Crippen molar-refractivity contribution in [3.05, 3.63) is 6.42 Å². The van der Waals surface area contributed by atoms with Gasteiger partial charge in [0.25, 0.3) is 0 Å². The molecule has 0 saturated carbocycles. The Balaban J connectivity index is 0. The molecule has 3 heteroatoms. The zero-order valence-corrected chi connectivity index (χ0v) is 4.63. The molecule has 49 valence electrons. The molecule has 2 N–H and O–H groups in total. The van der Waals surface area contributed by atoms with E-state index in [4.69, 9.17) is 10.2 Å². The van der Waals surface area contributed by atoms with E-state index in [2.05, 4.69) is 0 Å². The number of hydrogen-bond acceptors (Lipinski definition) is 2. The van der Waals surface area contributed by atoms with Gasteiger partial charge in [0.1, 0.15) is 0 Å². The molecule has 0 spiro atoms. The van der Waals surface area contributed by atoms with Crippen molar-refractivity contribution in [3.8, 4) is 0 Å². The van der Waals surface area contributed by atoms with Crippen LogP contribution in [-0.4, -0.2) is 39.8 Å². The summed E-state index contributed by atoms with van der Waals surface area (Å²) in [5.74, 6) is 0. The second-order valence-corrected chi connectivity index (χ2v) is 1.67. The van der Waals surface area contributed by atoms with E-state index in [1.54, 1.807) is 13.8 Å². The fraction of sp³-hybridized carbons (Fsp3) is 0.800. The predicted octanol–water partition coefficient (Wildman–Crippen LogP) is -1.23. The molecule has 0 bridgehead atoms. The molecule has 0 amide bonds. The monoisotopic (exact) mass is 133 g/mol. The average molecular weight is 133 g/mol. The third kappa shape index (κ3) is 9.68. The summed E-state index contributed by atoms with van der Waals surface area (Å²) in [6, 6.07) is 0. The lowest BCUT2D eigenvalue weighted by Gasteiger charge is -2.03. The SMILES string of the molecule is CC(O)[CH]C(C)O.[AlH3]. The topological polar surface area (TPSA) is 40.5 Å². The van der Waals surface area contributed by atoms with Crippen LogP contribution in [0.5, 0.6) is 0 Å². The summed E-state index contributed by atoms with van der Waals surface area (Å²) in [4.78, 5) is 0. The van der Waals surface area contributed by atoms with Crippen LogP contribution in [0.2, 0.25) is 0 Å². The highest BCUT2D eigenvalue weighted by Crippen LogP contribution is 1.91. The normalized spacial score (nSPS) is 16.5.